The fourth-order valence-electron chi connectivity index (χ4n) is 1.33. The summed E-state index contributed by atoms with van der Waals surface area (Å²) in [6.45, 7) is 8.83. The van der Waals surface area contributed by atoms with Gasteiger partial charge in [0, 0.05) is 12.5 Å². The van der Waals surface area contributed by atoms with E-state index in [0.29, 0.717) is 6.54 Å². The second-order valence-electron chi connectivity index (χ2n) is 5.29. The fourth-order valence-corrected chi connectivity index (χ4v) is 1.33. The number of nitrogens with one attached hydrogen (secondary N) is 1. The average molecular weight is 219 g/mol. The summed E-state index contributed by atoms with van der Waals surface area (Å²) in [5.74, 6) is 0.146. The van der Waals surface area contributed by atoms with Crippen molar-refractivity contribution in [3.63, 3.8) is 0 Å². The number of carbonyl (C=O) groups is 1. The molecule has 1 aromatic carbocycles. The van der Waals surface area contributed by atoms with Crippen LogP contribution in [0.3, 0.4) is 0 Å². The van der Waals surface area contributed by atoms with E-state index < -0.39 is 0 Å². The molecular weight excluding hydrogens is 198 g/mol. The van der Waals surface area contributed by atoms with E-state index >= 15 is 0 Å². The molecule has 0 aliphatic heterocycles. The van der Waals surface area contributed by atoms with E-state index in [-0.39, 0.29) is 17.2 Å². The molecule has 0 saturated carbocycles. The monoisotopic (exact) mass is 219 g/mol. The molecule has 1 N–H and O–H groups in total. The minimum atomic E-state index is 0.0147. The van der Waals surface area contributed by atoms with Crippen molar-refractivity contribution in [2.75, 3.05) is 0 Å². The molecule has 0 fully saturated rings. The molecule has 0 radical (unpaired) electrons. The quantitative estimate of drug-likeness (QED) is 0.832. The molecule has 1 unspecified atom stereocenters. The Balaban J connectivity index is 2.48. The minimum absolute atomic E-state index is 0.0147. The molecule has 2 heteroatoms. The standard InChI is InChI=1S/C14H21NO/c1-11(14(2,3)4)13(16)15-10-12-8-6-5-7-9-12/h5-9,11H,10H2,1-4H3,(H,15,16). The molecule has 1 amide bonds. The van der Waals surface area contributed by atoms with Gasteiger partial charge in [0.15, 0.2) is 0 Å². The highest BCUT2D eigenvalue weighted by Gasteiger charge is 2.26. The molecule has 1 rings (SSSR count). The Hall–Kier alpha value is -1.31. The third-order valence-corrected chi connectivity index (χ3v) is 3.00. The average Bonchev–Trinajstić information content (AvgIpc) is 2.25. The maximum Gasteiger partial charge on any atom is 0.223 e. The van der Waals surface area contributed by atoms with Gasteiger partial charge in [-0.15, -0.1) is 0 Å². The van der Waals surface area contributed by atoms with Crippen molar-refractivity contribution in [1.29, 1.82) is 0 Å². The first-order chi connectivity index (χ1) is 7.41. The van der Waals surface area contributed by atoms with Crippen LogP contribution in [0.1, 0.15) is 33.3 Å². The molecule has 0 heterocycles. The van der Waals surface area contributed by atoms with Gasteiger partial charge in [-0.3, -0.25) is 4.79 Å². The van der Waals surface area contributed by atoms with E-state index in [2.05, 4.69) is 26.1 Å². The zero-order chi connectivity index (χ0) is 12.2. The second kappa shape index (κ2) is 5.15. The third-order valence-electron chi connectivity index (χ3n) is 3.00. The van der Waals surface area contributed by atoms with Crippen molar-refractivity contribution >= 4 is 5.91 Å². The zero-order valence-corrected chi connectivity index (χ0v) is 10.6. The van der Waals surface area contributed by atoms with Gasteiger partial charge in [-0.2, -0.15) is 0 Å². The van der Waals surface area contributed by atoms with Crippen molar-refractivity contribution in [2.24, 2.45) is 11.3 Å². The van der Waals surface area contributed by atoms with Gasteiger partial charge in [-0.05, 0) is 11.0 Å². The van der Waals surface area contributed by atoms with Gasteiger partial charge in [-0.1, -0.05) is 58.0 Å². The lowest BCUT2D eigenvalue weighted by molar-refractivity contribution is -0.127. The Kier molecular flexibility index (Phi) is 4.11. The van der Waals surface area contributed by atoms with Crippen molar-refractivity contribution in [3.05, 3.63) is 35.9 Å². The summed E-state index contributed by atoms with van der Waals surface area (Å²) in [5, 5.41) is 2.97. The van der Waals surface area contributed by atoms with Gasteiger partial charge < -0.3 is 5.32 Å². The summed E-state index contributed by atoms with van der Waals surface area (Å²) >= 11 is 0. The largest absolute Gasteiger partial charge is 0.352 e. The third kappa shape index (κ3) is 3.69. The molecule has 1 atom stereocenters. The predicted molar refractivity (Wildman–Crippen MR) is 66.9 cm³/mol. The van der Waals surface area contributed by atoms with Crippen LogP contribution in [0.5, 0.6) is 0 Å². The lowest BCUT2D eigenvalue weighted by Crippen LogP contribution is -2.35. The molecule has 1 aromatic rings. The fraction of sp³-hybridized carbons (Fsp3) is 0.500. The molecule has 0 bridgehead atoms. The molecule has 2 nitrogen and oxygen atoms in total. The van der Waals surface area contributed by atoms with Gasteiger partial charge in [0.05, 0.1) is 0 Å². The van der Waals surface area contributed by atoms with Gasteiger partial charge >= 0.3 is 0 Å². The highest BCUT2D eigenvalue weighted by atomic mass is 16.1. The first kappa shape index (κ1) is 12.8. The van der Waals surface area contributed by atoms with Crippen LogP contribution in [0.25, 0.3) is 0 Å². The highest BCUT2D eigenvalue weighted by molar-refractivity contribution is 5.78. The van der Waals surface area contributed by atoms with Gasteiger partial charge in [0.2, 0.25) is 5.91 Å². The summed E-state index contributed by atoms with van der Waals surface area (Å²) in [5.41, 5.74) is 1.15. The number of amides is 1. The van der Waals surface area contributed by atoms with Crippen LogP contribution in [-0.2, 0) is 11.3 Å². The van der Waals surface area contributed by atoms with E-state index in [1.807, 2.05) is 37.3 Å². The maximum absolute atomic E-state index is 11.9. The summed E-state index contributed by atoms with van der Waals surface area (Å²) in [4.78, 5) is 11.9. The van der Waals surface area contributed by atoms with Crippen molar-refractivity contribution < 1.29 is 4.79 Å². The Labute approximate surface area is 98.1 Å². The SMILES string of the molecule is CC(C(=O)NCc1ccccc1)C(C)(C)C. The molecule has 16 heavy (non-hydrogen) atoms. The van der Waals surface area contributed by atoms with Crippen molar-refractivity contribution in [3.8, 4) is 0 Å². The minimum Gasteiger partial charge on any atom is -0.352 e. The number of benzene rings is 1. The molecule has 0 spiro atoms. The van der Waals surface area contributed by atoms with E-state index in [4.69, 9.17) is 0 Å². The number of hydrogen-bond donors (Lipinski definition) is 1. The van der Waals surface area contributed by atoms with Gasteiger partial charge in [-0.25, -0.2) is 0 Å². The van der Waals surface area contributed by atoms with E-state index in [1.165, 1.54) is 0 Å². The summed E-state index contributed by atoms with van der Waals surface area (Å²) in [6.07, 6.45) is 0. The van der Waals surface area contributed by atoms with Gasteiger partial charge in [0.25, 0.3) is 0 Å². The summed E-state index contributed by atoms with van der Waals surface area (Å²) < 4.78 is 0. The van der Waals surface area contributed by atoms with Crippen LogP contribution < -0.4 is 5.32 Å². The highest BCUT2D eigenvalue weighted by Crippen LogP contribution is 2.25. The zero-order valence-electron chi connectivity index (χ0n) is 10.6. The molecule has 0 aromatic heterocycles. The molecule has 0 saturated heterocycles. The van der Waals surface area contributed by atoms with Crippen LogP contribution in [0, 0.1) is 11.3 Å². The Morgan fingerprint density at radius 3 is 2.31 bits per heavy atom. The van der Waals surface area contributed by atoms with Crippen LogP contribution >= 0.6 is 0 Å². The maximum atomic E-state index is 11.9. The molecular formula is C14H21NO. The Bertz CT molecular complexity index is 338. The van der Waals surface area contributed by atoms with E-state index in [9.17, 15) is 4.79 Å². The van der Waals surface area contributed by atoms with E-state index in [0.717, 1.165) is 5.56 Å². The molecule has 0 aliphatic carbocycles. The van der Waals surface area contributed by atoms with Crippen molar-refractivity contribution in [1.82, 2.24) is 5.32 Å². The normalized spacial score (nSPS) is 13.2. The predicted octanol–water partition coefficient (Wildman–Crippen LogP) is 2.99. The lowest BCUT2D eigenvalue weighted by Gasteiger charge is -2.26. The summed E-state index contributed by atoms with van der Waals surface area (Å²) in [7, 11) is 0. The topological polar surface area (TPSA) is 29.1 Å². The second-order valence-corrected chi connectivity index (χ2v) is 5.29. The number of hydrogen-bond acceptors (Lipinski definition) is 1. The number of rotatable bonds is 3. The van der Waals surface area contributed by atoms with E-state index in [1.54, 1.807) is 0 Å². The van der Waals surface area contributed by atoms with Crippen LogP contribution in [-0.4, -0.2) is 5.91 Å². The lowest BCUT2D eigenvalue weighted by atomic mass is 9.81. The number of carbonyl (C=O) groups excluding carboxylic acids is 1. The van der Waals surface area contributed by atoms with Crippen LogP contribution in [0.15, 0.2) is 30.3 Å². The smallest absolute Gasteiger partial charge is 0.223 e. The molecule has 88 valence electrons. The summed E-state index contributed by atoms with van der Waals surface area (Å²) in [6, 6.07) is 9.97. The van der Waals surface area contributed by atoms with Crippen molar-refractivity contribution in [2.45, 2.75) is 34.2 Å². The van der Waals surface area contributed by atoms with Gasteiger partial charge in [0.1, 0.15) is 0 Å². The Morgan fingerprint density at radius 2 is 1.81 bits per heavy atom. The molecule has 0 aliphatic rings. The first-order valence-corrected chi connectivity index (χ1v) is 5.73. The first-order valence-electron chi connectivity index (χ1n) is 5.73. The van der Waals surface area contributed by atoms with Crippen LogP contribution in [0.4, 0.5) is 0 Å². The Morgan fingerprint density at radius 1 is 1.25 bits per heavy atom. The van der Waals surface area contributed by atoms with Crippen LogP contribution in [0.2, 0.25) is 0 Å².